The summed E-state index contributed by atoms with van der Waals surface area (Å²) in [5.74, 6) is 0.339. The molecule has 0 fully saturated rings. The average molecular weight is 313 g/mol. The fourth-order valence-electron chi connectivity index (χ4n) is 2.02. The highest BCUT2D eigenvalue weighted by molar-refractivity contribution is 5.93. The van der Waals surface area contributed by atoms with Crippen LogP contribution in [0.3, 0.4) is 0 Å². The molecule has 120 valence electrons. The highest BCUT2D eigenvalue weighted by Gasteiger charge is 2.13. The molecule has 1 heterocycles. The minimum Gasteiger partial charge on any atom is -0.501 e. The Kier molecular flexibility index (Phi) is 5.74. The summed E-state index contributed by atoms with van der Waals surface area (Å²) in [6.45, 7) is 2.43. The lowest BCUT2D eigenvalue weighted by molar-refractivity contribution is 0.0600. The lowest BCUT2D eigenvalue weighted by Gasteiger charge is -2.08. The monoisotopic (exact) mass is 313 g/mol. The highest BCUT2D eigenvalue weighted by atomic mass is 16.5. The van der Waals surface area contributed by atoms with E-state index in [4.69, 9.17) is 14.2 Å². The van der Waals surface area contributed by atoms with Crippen LogP contribution in [-0.2, 0) is 9.47 Å². The summed E-state index contributed by atoms with van der Waals surface area (Å²) >= 11 is 0. The van der Waals surface area contributed by atoms with E-state index < -0.39 is 5.97 Å². The molecule has 0 amide bonds. The molecule has 1 aromatic carbocycles. The van der Waals surface area contributed by atoms with E-state index in [1.807, 2.05) is 31.2 Å². The van der Waals surface area contributed by atoms with Crippen molar-refractivity contribution in [2.75, 3.05) is 20.8 Å². The summed E-state index contributed by atoms with van der Waals surface area (Å²) in [6, 6.07) is 11.0. The van der Waals surface area contributed by atoms with Crippen LogP contribution >= 0.6 is 0 Å². The normalized spacial score (nSPS) is 10.6. The van der Waals surface area contributed by atoms with Crippen LogP contribution in [0.5, 0.6) is 5.75 Å². The number of nitrogens with zero attached hydrogens (tertiary/aromatic N) is 1. The van der Waals surface area contributed by atoms with E-state index in [0.717, 1.165) is 17.0 Å². The smallest absolute Gasteiger partial charge is 0.340 e. The van der Waals surface area contributed by atoms with E-state index in [2.05, 4.69) is 4.98 Å². The number of aromatic nitrogens is 1. The number of methoxy groups -OCH3 is 2. The summed E-state index contributed by atoms with van der Waals surface area (Å²) in [4.78, 5) is 16.4. The Bertz CT molecular complexity index is 693. The minimum atomic E-state index is -0.435. The number of benzene rings is 1. The zero-order valence-electron chi connectivity index (χ0n) is 13.4. The fourth-order valence-corrected chi connectivity index (χ4v) is 2.02. The Hall–Kier alpha value is -2.82. The molecular weight excluding hydrogens is 294 g/mol. The summed E-state index contributed by atoms with van der Waals surface area (Å²) in [7, 11) is 2.96. The first-order valence-corrected chi connectivity index (χ1v) is 7.21. The number of carbonyl (C=O) groups is 1. The largest absolute Gasteiger partial charge is 0.501 e. The van der Waals surface area contributed by atoms with E-state index in [0.29, 0.717) is 17.9 Å². The van der Waals surface area contributed by atoms with Gasteiger partial charge < -0.3 is 14.2 Å². The van der Waals surface area contributed by atoms with Crippen molar-refractivity contribution in [1.29, 1.82) is 0 Å². The van der Waals surface area contributed by atoms with Crippen LogP contribution in [0.1, 0.15) is 23.0 Å². The molecule has 0 atom stereocenters. The molecule has 0 unspecified atom stereocenters. The molecule has 2 aromatic rings. The van der Waals surface area contributed by atoms with E-state index >= 15 is 0 Å². The SMILES string of the molecule is CCO/C=C/c1nc(-c2ccc(OC)cc2)ccc1C(=O)OC. The van der Waals surface area contributed by atoms with Gasteiger partial charge in [0.15, 0.2) is 0 Å². The molecule has 5 nitrogen and oxygen atoms in total. The number of ether oxygens (including phenoxy) is 3. The van der Waals surface area contributed by atoms with Gasteiger partial charge in [0.05, 0.1) is 44.0 Å². The summed E-state index contributed by atoms with van der Waals surface area (Å²) in [6.07, 6.45) is 3.18. The van der Waals surface area contributed by atoms with Gasteiger partial charge in [0, 0.05) is 5.56 Å². The maximum Gasteiger partial charge on any atom is 0.340 e. The predicted octanol–water partition coefficient (Wildman–Crippen LogP) is 3.55. The van der Waals surface area contributed by atoms with E-state index in [1.54, 1.807) is 25.3 Å². The molecule has 0 aliphatic carbocycles. The van der Waals surface area contributed by atoms with Crippen LogP contribution in [0.2, 0.25) is 0 Å². The summed E-state index contributed by atoms with van der Waals surface area (Å²) < 4.78 is 15.1. The van der Waals surface area contributed by atoms with Crippen molar-refractivity contribution in [3.8, 4) is 17.0 Å². The number of carbonyl (C=O) groups excluding carboxylic acids is 1. The molecule has 1 aromatic heterocycles. The van der Waals surface area contributed by atoms with Gasteiger partial charge in [-0.15, -0.1) is 0 Å². The third-order valence-electron chi connectivity index (χ3n) is 3.20. The Morgan fingerprint density at radius 3 is 2.48 bits per heavy atom. The van der Waals surface area contributed by atoms with Crippen molar-refractivity contribution in [3.63, 3.8) is 0 Å². The zero-order valence-corrected chi connectivity index (χ0v) is 13.4. The van der Waals surface area contributed by atoms with Gasteiger partial charge in [0.2, 0.25) is 0 Å². The summed E-state index contributed by atoms with van der Waals surface area (Å²) in [5.41, 5.74) is 2.56. The van der Waals surface area contributed by atoms with Crippen molar-refractivity contribution in [3.05, 3.63) is 53.9 Å². The maximum atomic E-state index is 11.8. The topological polar surface area (TPSA) is 57.7 Å². The fraction of sp³-hybridized carbons (Fsp3) is 0.222. The average Bonchev–Trinajstić information content (AvgIpc) is 2.61. The van der Waals surface area contributed by atoms with E-state index in [1.165, 1.54) is 13.4 Å². The van der Waals surface area contributed by atoms with Gasteiger partial charge in [-0.25, -0.2) is 9.78 Å². The molecule has 0 saturated heterocycles. The molecule has 2 rings (SSSR count). The Labute approximate surface area is 135 Å². The third-order valence-corrected chi connectivity index (χ3v) is 3.20. The summed E-state index contributed by atoms with van der Waals surface area (Å²) in [5, 5.41) is 0. The molecule has 0 radical (unpaired) electrons. The van der Waals surface area contributed by atoms with E-state index in [9.17, 15) is 4.79 Å². The van der Waals surface area contributed by atoms with Crippen molar-refractivity contribution in [2.24, 2.45) is 0 Å². The molecule has 0 aliphatic rings. The quantitative estimate of drug-likeness (QED) is 0.603. The van der Waals surface area contributed by atoms with Gasteiger partial charge in [-0.05, 0) is 49.4 Å². The van der Waals surface area contributed by atoms with Crippen LogP contribution in [0.25, 0.3) is 17.3 Å². The molecule has 0 N–H and O–H groups in total. The minimum absolute atomic E-state index is 0.390. The Morgan fingerprint density at radius 1 is 1.13 bits per heavy atom. The number of pyridine rings is 1. The van der Waals surface area contributed by atoms with Gasteiger partial charge in [0.25, 0.3) is 0 Å². The van der Waals surface area contributed by atoms with Crippen LogP contribution in [0.4, 0.5) is 0 Å². The number of hydrogen-bond acceptors (Lipinski definition) is 5. The number of esters is 1. The van der Waals surface area contributed by atoms with Crippen molar-refractivity contribution >= 4 is 12.0 Å². The third kappa shape index (κ3) is 4.10. The predicted molar refractivity (Wildman–Crippen MR) is 88.2 cm³/mol. The Morgan fingerprint density at radius 2 is 1.87 bits per heavy atom. The van der Waals surface area contributed by atoms with Crippen molar-refractivity contribution in [2.45, 2.75) is 6.92 Å². The standard InChI is InChI=1S/C18H19NO4/c1-4-23-12-11-17-15(18(20)22-3)9-10-16(19-17)13-5-7-14(21-2)8-6-13/h5-12H,4H2,1-3H3/b12-11+. The number of hydrogen-bond donors (Lipinski definition) is 0. The van der Waals surface area contributed by atoms with E-state index in [-0.39, 0.29) is 0 Å². The highest BCUT2D eigenvalue weighted by Crippen LogP contribution is 2.23. The van der Waals surface area contributed by atoms with Crippen LogP contribution < -0.4 is 4.74 Å². The van der Waals surface area contributed by atoms with Gasteiger partial charge in [0.1, 0.15) is 5.75 Å². The van der Waals surface area contributed by atoms with Crippen molar-refractivity contribution in [1.82, 2.24) is 4.98 Å². The van der Waals surface area contributed by atoms with Crippen LogP contribution in [-0.4, -0.2) is 31.8 Å². The second-order valence-corrected chi connectivity index (χ2v) is 4.61. The molecule has 23 heavy (non-hydrogen) atoms. The second kappa shape index (κ2) is 7.98. The molecule has 5 heteroatoms. The van der Waals surface area contributed by atoms with Gasteiger partial charge in [-0.1, -0.05) is 0 Å². The molecule has 0 bridgehead atoms. The first-order valence-electron chi connectivity index (χ1n) is 7.21. The first kappa shape index (κ1) is 16.5. The van der Waals surface area contributed by atoms with Crippen LogP contribution in [0, 0.1) is 0 Å². The molecule has 0 spiro atoms. The van der Waals surface area contributed by atoms with Crippen molar-refractivity contribution < 1.29 is 19.0 Å². The lowest BCUT2D eigenvalue weighted by atomic mass is 10.1. The molecule has 0 saturated carbocycles. The first-order chi connectivity index (χ1) is 11.2. The second-order valence-electron chi connectivity index (χ2n) is 4.61. The van der Waals surface area contributed by atoms with Gasteiger partial charge >= 0.3 is 5.97 Å². The zero-order chi connectivity index (χ0) is 16.7. The number of rotatable bonds is 6. The molecular formula is C18H19NO4. The van der Waals surface area contributed by atoms with Gasteiger partial charge in [-0.3, -0.25) is 0 Å². The maximum absolute atomic E-state index is 11.8. The van der Waals surface area contributed by atoms with Gasteiger partial charge in [-0.2, -0.15) is 0 Å². The van der Waals surface area contributed by atoms with Crippen LogP contribution in [0.15, 0.2) is 42.7 Å². The molecule has 0 aliphatic heterocycles. The Balaban J connectivity index is 2.41. The lowest BCUT2D eigenvalue weighted by Crippen LogP contribution is -2.05.